The van der Waals surface area contributed by atoms with Gasteiger partial charge in [-0.15, -0.1) is 0 Å². The van der Waals surface area contributed by atoms with Crippen molar-refractivity contribution in [2.75, 3.05) is 7.11 Å². The highest BCUT2D eigenvalue weighted by atomic mass is 19.2. The molecule has 0 aromatic carbocycles. The normalized spacial score (nSPS) is 43.4. The van der Waals surface area contributed by atoms with Crippen LogP contribution in [0.5, 0.6) is 0 Å². The molecule has 3 rings (SSSR count). The van der Waals surface area contributed by atoms with Gasteiger partial charge in [0.25, 0.3) is 0 Å². The number of hydrogen-bond acceptors (Lipinski definition) is 2. The molecule has 0 aromatic rings. The van der Waals surface area contributed by atoms with Crippen LogP contribution in [-0.2, 0) is 9.53 Å². The molecule has 3 aliphatic carbocycles. The van der Waals surface area contributed by atoms with Crippen molar-refractivity contribution in [1.82, 2.24) is 0 Å². The van der Waals surface area contributed by atoms with Crippen molar-refractivity contribution in [3.05, 3.63) is 0 Å². The van der Waals surface area contributed by atoms with Gasteiger partial charge in [0.05, 0.1) is 12.0 Å². The second-order valence-electron chi connectivity index (χ2n) is 9.43. The predicted molar refractivity (Wildman–Crippen MR) is 104 cm³/mol. The van der Waals surface area contributed by atoms with E-state index in [4.69, 9.17) is 4.74 Å². The van der Waals surface area contributed by atoms with Gasteiger partial charge in [0.1, 0.15) is 12.0 Å². The molecule has 3 aliphatic rings. The summed E-state index contributed by atoms with van der Waals surface area (Å²) in [6.07, 6.45) is 8.93. The molecule has 0 aliphatic heterocycles. The highest BCUT2D eigenvalue weighted by Crippen LogP contribution is 2.44. The van der Waals surface area contributed by atoms with Gasteiger partial charge < -0.3 is 4.74 Å². The first kappa shape index (κ1) is 21.2. The maximum atomic E-state index is 14.5. The highest BCUT2D eigenvalue weighted by Gasteiger charge is 2.45. The second-order valence-corrected chi connectivity index (χ2v) is 9.43. The summed E-state index contributed by atoms with van der Waals surface area (Å²) in [6.45, 7) is 2.28. The Morgan fingerprint density at radius 2 is 1.44 bits per heavy atom. The molecule has 156 valence electrons. The zero-order chi connectivity index (χ0) is 19.4. The Labute approximate surface area is 163 Å². The number of carbonyl (C=O) groups is 1. The summed E-state index contributed by atoms with van der Waals surface area (Å²) in [5.41, 5.74) is 0. The van der Waals surface area contributed by atoms with E-state index in [0.29, 0.717) is 12.8 Å². The standard InChI is InChI=1S/C23H38F2O2/c1-3-4-15-5-7-16(8-6-15)17-9-11-18(12-10-17)23(26)19-13-14-20(27-2)22(25)21(19)24/h15-22H,3-14H2,1-2H3. The van der Waals surface area contributed by atoms with Crippen LogP contribution in [0.1, 0.15) is 84.0 Å². The van der Waals surface area contributed by atoms with E-state index in [2.05, 4.69) is 6.92 Å². The van der Waals surface area contributed by atoms with E-state index in [0.717, 1.165) is 43.4 Å². The number of alkyl halides is 2. The molecule has 0 radical (unpaired) electrons. The summed E-state index contributed by atoms with van der Waals surface area (Å²) in [5, 5.41) is 0. The third-order valence-corrected chi connectivity index (χ3v) is 7.90. The minimum absolute atomic E-state index is 0.00944. The van der Waals surface area contributed by atoms with Crippen LogP contribution in [0, 0.1) is 29.6 Å². The molecule has 4 unspecified atom stereocenters. The average molecular weight is 385 g/mol. The molecular weight excluding hydrogens is 346 g/mol. The zero-order valence-corrected chi connectivity index (χ0v) is 17.2. The molecule has 3 fully saturated rings. The van der Waals surface area contributed by atoms with Gasteiger partial charge in [0.15, 0.2) is 6.17 Å². The maximum Gasteiger partial charge on any atom is 0.158 e. The topological polar surface area (TPSA) is 26.3 Å². The predicted octanol–water partition coefficient (Wildman–Crippen LogP) is 6.07. The Kier molecular flexibility index (Phi) is 7.70. The van der Waals surface area contributed by atoms with E-state index in [9.17, 15) is 13.6 Å². The van der Waals surface area contributed by atoms with Gasteiger partial charge >= 0.3 is 0 Å². The molecule has 0 N–H and O–H groups in total. The number of ether oxygens (including phenoxy) is 1. The minimum Gasteiger partial charge on any atom is -0.378 e. The van der Waals surface area contributed by atoms with Gasteiger partial charge in [0, 0.05) is 13.0 Å². The Morgan fingerprint density at radius 3 is 2.00 bits per heavy atom. The van der Waals surface area contributed by atoms with Crippen LogP contribution in [0.3, 0.4) is 0 Å². The van der Waals surface area contributed by atoms with Gasteiger partial charge in [-0.1, -0.05) is 32.6 Å². The van der Waals surface area contributed by atoms with Crippen molar-refractivity contribution in [3.8, 4) is 0 Å². The SMILES string of the molecule is CCCC1CCC(C2CCC(C(=O)C3CCC(OC)C(F)C3F)CC2)CC1. The summed E-state index contributed by atoms with van der Waals surface area (Å²) < 4.78 is 33.7. The van der Waals surface area contributed by atoms with Crippen LogP contribution in [0.2, 0.25) is 0 Å². The van der Waals surface area contributed by atoms with Crippen molar-refractivity contribution >= 4 is 5.78 Å². The smallest absolute Gasteiger partial charge is 0.158 e. The number of methoxy groups -OCH3 is 1. The molecular formula is C23H38F2O2. The highest BCUT2D eigenvalue weighted by molar-refractivity contribution is 5.84. The first-order valence-corrected chi connectivity index (χ1v) is 11.4. The number of ketones is 1. The summed E-state index contributed by atoms with van der Waals surface area (Å²) in [6, 6.07) is 0. The van der Waals surface area contributed by atoms with Crippen LogP contribution in [0.4, 0.5) is 8.78 Å². The summed E-state index contributed by atoms with van der Waals surface area (Å²) in [7, 11) is 1.42. The van der Waals surface area contributed by atoms with Gasteiger partial charge in [-0.25, -0.2) is 8.78 Å². The molecule has 27 heavy (non-hydrogen) atoms. The van der Waals surface area contributed by atoms with Crippen molar-refractivity contribution < 1.29 is 18.3 Å². The quantitative estimate of drug-likeness (QED) is 0.555. The third-order valence-electron chi connectivity index (χ3n) is 7.90. The molecule has 4 atom stereocenters. The van der Waals surface area contributed by atoms with Crippen LogP contribution in [-0.4, -0.2) is 31.3 Å². The fraction of sp³-hybridized carbons (Fsp3) is 0.957. The molecule has 0 heterocycles. The van der Waals surface area contributed by atoms with E-state index >= 15 is 0 Å². The van der Waals surface area contributed by atoms with Crippen molar-refractivity contribution in [3.63, 3.8) is 0 Å². The van der Waals surface area contributed by atoms with E-state index in [1.807, 2.05) is 0 Å². The molecule has 0 spiro atoms. The fourth-order valence-electron chi connectivity index (χ4n) is 6.17. The van der Waals surface area contributed by atoms with E-state index < -0.39 is 24.4 Å². The van der Waals surface area contributed by atoms with Crippen molar-refractivity contribution in [2.45, 2.75) is 102 Å². The summed E-state index contributed by atoms with van der Waals surface area (Å²) >= 11 is 0. The Morgan fingerprint density at radius 1 is 0.852 bits per heavy atom. The van der Waals surface area contributed by atoms with Crippen molar-refractivity contribution in [2.24, 2.45) is 29.6 Å². The first-order chi connectivity index (χ1) is 13.0. The van der Waals surface area contributed by atoms with Gasteiger partial charge in [-0.3, -0.25) is 4.79 Å². The lowest BCUT2D eigenvalue weighted by Crippen LogP contribution is -2.46. The number of halogens is 2. The first-order valence-electron chi connectivity index (χ1n) is 11.4. The van der Waals surface area contributed by atoms with Crippen LogP contribution in [0.15, 0.2) is 0 Å². The summed E-state index contributed by atoms with van der Waals surface area (Å²) in [4.78, 5) is 12.9. The molecule has 0 aromatic heterocycles. The monoisotopic (exact) mass is 384 g/mol. The van der Waals surface area contributed by atoms with Crippen LogP contribution >= 0.6 is 0 Å². The summed E-state index contributed by atoms with van der Waals surface area (Å²) in [5.74, 6) is 1.70. The minimum atomic E-state index is -1.69. The van der Waals surface area contributed by atoms with Gasteiger partial charge in [-0.05, 0) is 69.1 Å². The molecule has 2 nitrogen and oxygen atoms in total. The molecule has 3 saturated carbocycles. The largest absolute Gasteiger partial charge is 0.378 e. The lowest BCUT2D eigenvalue weighted by atomic mass is 9.66. The molecule has 4 heteroatoms. The van der Waals surface area contributed by atoms with Crippen molar-refractivity contribution in [1.29, 1.82) is 0 Å². The van der Waals surface area contributed by atoms with Gasteiger partial charge in [0.2, 0.25) is 0 Å². The lowest BCUT2D eigenvalue weighted by Gasteiger charge is -2.39. The number of Topliss-reactive ketones (excluding diaryl/α,β-unsaturated/α-hetero) is 1. The van der Waals surface area contributed by atoms with E-state index in [1.54, 1.807) is 0 Å². The zero-order valence-electron chi connectivity index (χ0n) is 17.2. The Hall–Kier alpha value is -0.510. The number of rotatable bonds is 6. The third kappa shape index (κ3) is 4.92. The Bertz CT molecular complexity index is 467. The molecule has 0 amide bonds. The lowest BCUT2D eigenvalue weighted by molar-refractivity contribution is -0.137. The average Bonchev–Trinajstić information content (AvgIpc) is 2.70. The van der Waals surface area contributed by atoms with Crippen LogP contribution < -0.4 is 0 Å². The van der Waals surface area contributed by atoms with E-state index in [1.165, 1.54) is 45.6 Å². The van der Waals surface area contributed by atoms with Gasteiger partial charge in [-0.2, -0.15) is 0 Å². The molecule has 0 saturated heterocycles. The second kappa shape index (κ2) is 9.80. The van der Waals surface area contributed by atoms with Crippen LogP contribution in [0.25, 0.3) is 0 Å². The fourth-order valence-corrected chi connectivity index (χ4v) is 6.17. The Balaban J connectivity index is 1.46. The maximum absolute atomic E-state index is 14.5. The number of carbonyl (C=O) groups excluding carboxylic acids is 1. The van der Waals surface area contributed by atoms with E-state index in [-0.39, 0.29) is 11.7 Å². The molecule has 0 bridgehead atoms. The number of hydrogen-bond donors (Lipinski definition) is 0.